The number of halogens is 1. The Labute approximate surface area is 197 Å². The summed E-state index contributed by atoms with van der Waals surface area (Å²) in [6.07, 6.45) is 0. The van der Waals surface area contributed by atoms with E-state index in [1.54, 1.807) is 0 Å². The number of nitrogens with zero attached hydrogens (tertiary/aromatic N) is 1. The van der Waals surface area contributed by atoms with Crippen LogP contribution in [0.4, 0.5) is 0 Å². The highest BCUT2D eigenvalue weighted by Crippen LogP contribution is 2.34. The predicted molar refractivity (Wildman–Crippen MR) is 134 cm³/mol. The minimum Gasteiger partial charge on any atom is -0.488 e. The summed E-state index contributed by atoms with van der Waals surface area (Å²) in [4.78, 5) is 22.3. The second-order valence-corrected chi connectivity index (χ2v) is 9.47. The Balaban J connectivity index is 1.53. The van der Waals surface area contributed by atoms with E-state index in [2.05, 4.69) is 52.1 Å². The maximum atomic E-state index is 12.9. The molecule has 0 aliphatic heterocycles. The standard InChI is InChI=1S/C26H19BrN2O2S/c1-16-7-9-17(10-8-16)15-31-22-12-11-19(27)13-20(22)24-28-25(30)21-14-23(32-26(21)29-24)18-5-3-2-4-6-18/h2-14H,15H2,1H3,(H,28,29,30). The molecule has 0 spiro atoms. The first-order chi connectivity index (χ1) is 15.6. The molecule has 0 radical (unpaired) electrons. The molecule has 5 rings (SSSR count). The van der Waals surface area contributed by atoms with E-state index < -0.39 is 0 Å². The van der Waals surface area contributed by atoms with Crippen LogP contribution in [0.25, 0.3) is 32.0 Å². The molecule has 0 unspecified atom stereocenters. The third-order valence-electron chi connectivity index (χ3n) is 5.17. The van der Waals surface area contributed by atoms with Gasteiger partial charge in [0.05, 0.1) is 10.9 Å². The van der Waals surface area contributed by atoms with Gasteiger partial charge in [0.25, 0.3) is 5.56 Å². The van der Waals surface area contributed by atoms with Gasteiger partial charge in [-0.2, -0.15) is 0 Å². The second kappa shape index (κ2) is 8.73. The van der Waals surface area contributed by atoms with Gasteiger partial charge in [-0.25, -0.2) is 4.98 Å². The minimum atomic E-state index is -0.159. The van der Waals surface area contributed by atoms with E-state index >= 15 is 0 Å². The predicted octanol–water partition coefficient (Wildman–Crippen LogP) is 6.97. The molecule has 0 saturated carbocycles. The first kappa shape index (κ1) is 20.7. The number of aryl methyl sites for hydroxylation is 1. The van der Waals surface area contributed by atoms with E-state index in [0.29, 0.717) is 28.4 Å². The third-order valence-corrected chi connectivity index (χ3v) is 6.74. The quantitative estimate of drug-likeness (QED) is 0.282. The largest absolute Gasteiger partial charge is 0.488 e. The first-order valence-corrected chi connectivity index (χ1v) is 11.8. The molecule has 1 N–H and O–H groups in total. The highest BCUT2D eigenvalue weighted by atomic mass is 79.9. The molecule has 0 amide bonds. The van der Waals surface area contributed by atoms with E-state index in [9.17, 15) is 4.79 Å². The van der Waals surface area contributed by atoms with Crippen LogP contribution in [-0.2, 0) is 6.61 Å². The molecule has 0 bridgehead atoms. The minimum absolute atomic E-state index is 0.159. The number of ether oxygens (including phenoxy) is 1. The number of rotatable bonds is 5. The first-order valence-electron chi connectivity index (χ1n) is 10.1. The van der Waals surface area contributed by atoms with Crippen LogP contribution in [0.3, 0.4) is 0 Å². The molecule has 0 aliphatic rings. The second-order valence-electron chi connectivity index (χ2n) is 7.52. The number of fused-ring (bicyclic) bond motifs is 1. The zero-order valence-corrected chi connectivity index (χ0v) is 19.7. The van der Waals surface area contributed by atoms with E-state index in [4.69, 9.17) is 9.72 Å². The van der Waals surface area contributed by atoms with Crippen LogP contribution in [0.2, 0.25) is 0 Å². The maximum Gasteiger partial charge on any atom is 0.259 e. The van der Waals surface area contributed by atoms with Gasteiger partial charge in [-0.3, -0.25) is 4.79 Å². The number of benzene rings is 3. The fourth-order valence-electron chi connectivity index (χ4n) is 3.46. The van der Waals surface area contributed by atoms with Gasteiger partial charge in [-0.1, -0.05) is 76.1 Å². The number of aromatic amines is 1. The van der Waals surface area contributed by atoms with Crippen LogP contribution in [-0.4, -0.2) is 9.97 Å². The SMILES string of the molecule is Cc1ccc(COc2ccc(Br)cc2-c2nc3sc(-c4ccccc4)cc3c(=O)[nH]2)cc1. The fourth-order valence-corrected chi connectivity index (χ4v) is 4.86. The molecule has 0 fully saturated rings. The van der Waals surface area contributed by atoms with Gasteiger partial charge in [0.1, 0.15) is 23.0 Å². The van der Waals surface area contributed by atoms with Crippen LogP contribution in [0.5, 0.6) is 5.75 Å². The number of H-pyrrole nitrogens is 1. The molecule has 6 heteroatoms. The average Bonchev–Trinajstić information content (AvgIpc) is 3.25. The molecule has 0 aliphatic carbocycles. The van der Waals surface area contributed by atoms with Crippen LogP contribution < -0.4 is 10.3 Å². The Kier molecular flexibility index (Phi) is 5.64. The summed E-state index contributed by atoms with van der Waals surface area (Å²) in [5.74, 6) is 1.15. The lowest BCUT2D eigenvalue weighted by molar-refractivity contribution is 0.307. The van der Waals surface area contributed by atoms with Crippen molar-refractivity contribution >= 4 is 37.5 Å². The van der Waals surface area contributed by atoms with Gasteiger partial charge in [-0.05, 0) is 42.3 Å². The maximum absolute atomic E-state index is 12.9. The summed E-state index contributed by atoms with van der Waals surface area (Å²) in [6, 6.07) is 25.9. The zero-order chi connectivity index (χ0) is 22.1. The van der Waals surface area contributed by atoms with Crippen molar-refractivity contribution in [3.05, 3.63) is 105 Å². The Morgan fingerprint density at radius 2 is 1.78 bits per heavy atom. The number of thiophene rings is 1. The lowest BCUT2D eigenvalue weighted by Crippen LogP contribution is -2.08. The summed E-state index contributed by atoms with van der Waals surface area (Å²) >= 11 is 5.04. The Morgan fingerprint density at radius 3 is 2.56 bits per heavy atom. The molecule has 158 valence electrons. The van der Waals surface area contributed by atoms with Gasteiger partial charge in [0.2, 0.25) is 0 Å². The molecule has 0 saturated heterocycles. The third kappa shape index (κ3) is 4.24. The summed E-state index contributed by atoms with van der Waals surface area (Å²) < 4.78 is 7.00. The Bertz CT molecular complexity index is 1460. The van der Waals surface area contributed by atoms with Gasteiger partial charge < -0.3 is 9.72 Å². The number of aromatic nitrogens is 2. The van der Waals surface area contributed by atoms with Crippen LogP contribution >= 0.6 is 27.3 Å². The molecule has 2 heterocycles. The summed E-state index contributed by atoms with van der Waals surface area (Å²) in [7, 11) is 0. The smallest absolute Gasteiger partial charge is 0.259 e. The highest BCUT2D eigenvalue weighted by Gasteiger charge is 2.15. The van der Waals surface area contributed by atoms with Crippen LogP contribution in [0.15, 0.2) is 88.1 Å². The summed E-state index contributed by atoms with van der Waals surface area (Å²) in [5.41, 5.74) is 3.93. The Hall–Kier alpha value is -3.22. The molecular formula is C26H19BrN2O2S. The van der Waals surface area contributed by atoms with Gasteiger partial charge in [0, 0.05) is 9.35 Å². The molecule has 4 nitrogen and oxygen atoms in total. The van der Waals surface area contributed by atoms with E-state index in [0.717, 1.165) is 26.0 Å². The molecule has 5 aromatic rings. The van der Waals surface area contributed by atoms with Gasteiger partial charge in [-0.15, -0.1) is 11.3 Å². The van der Waals surface area contributed by atoms with Crippen molar-refractivity contribution in [1.82, 2.24) is 9.97 Å². The van der Waals surface area contributed by atoms with Crippen molar-refractivity contribution in [3.63, 3.8) is 0 Å². The van der Waals surface area contributed by atoms with Crippen molar-refractivity contribution in [2.45, 2.75) is 13.5 Å². The van der Waals surface area contributed by atoms with Gasteiger partial charge >= 0.3 is 0 Å². The molecule has 0 atom stereocenters. The fraction of sp³-hybridized carbons (Fsp3) is 0.0769. The topological polar surface area (TPSA) is 55.0 Å². The Morgan fingerprint density at radius 1 is 1.00 bits per heavy atom. The summed E-state index contributed by atoms with van der Waals surface area (Å²) in [6.45, 7) is 2.49. The normalized spacial score (nSPS) is 11.1. The number of hydrogen-bond donors (Lipinski definition) is 1. The molecule has 32 heavy (non-hydrogen) atoms. The lowest BCUT2D eigenvalue weighted by atomic mass is 10.1. The summed E-state index contributed by atoms with van der Waals surface area (Å²) in [5, 5.41) is 0.592. The van der Waals surface area contributed by atoms with Gasteiger partial charge in [0.15, 0.2) is 0 Å². The highest BCUT2D eigenvalue weighted by molar-refractivity contribution is 9.10. The van der Waals surface area contributed by atoms with E-state index in [1.165, 1.54) is 16.9 Å². The van der Waals surface area contributed by atoms with E-state index in [-0.39, 0.29) is 5.56 Å². The van der Waals surface area contributed by atoms with Crippen molar-refractivity contribution in [2.75, 3.05) is 0 Å². The van der Waals surface area contributed by atoms with Crippen molar-refractivity contribution < 1.29 is 4.74 Å². The van der Waals surface area contributed by atoms with Crippen molar-refractivity contribution in [3.8, 4) is 27.6 Å². The van der Waals surface area contributed by atoms with E-state index in [1.807, 2.05) is 54.6 Å². The van der Waals surface area contributed by atoms with Crippen molar-refractivity contribution in [1.29, 1.82) is 0 Å². The van der Waals surface area contributed by atoms with Crippen molar-refractivity contribution in [2.24, 2.45) is 0 Å². The number of hydrogen-bond acceptors (Lipinski definition) is 4. The van der Waals surface area contributed by atoms with Crippen LogP contribution in [0, 0.1) is 6.92 Å². The zero-order valence-electron chi connectivity index (χ0n) is 17.3. The monoisotopic (exact) mass is 502 g/mol. The lowest BCUT2D eigenvalue weighted by Gasteiger charge is -2.12. The number of nitrogens with one attached hydrogen (secondary N) is 1. The average molecular weight is 503 g/mol. The molecule has 2 aromatic heterocycles. The molecular weight excluding hydrogens is 484 g/mol. The van der Waals surface area contributed by atoms with Crippen LogP contribution in [0.1, 0.15) is 11.1 Å². The molecule has 3 aromatic carbocycles.